The van der Waals surface area contributed by atoms with Crippen molar-refractivity contribution in [1.82, 2.24) is 10.6 Å². The van der Waals surface area contributed by atoms with Gasteiger partial charge in [-0.25, -0.2) is 0 Å². The summed E-state index contributed by atoms with van der Waals surface area (Å²) >= 11 is 0. The molecule has 1 aliphatic heterocycles. The summed E-state index contributed by atoms with van der Waals surface area (Å²) in [4.78, 5) is 11.4. The molecule has 0 spiro atoms. The van der Waals surface area contributed by atoms with E-state index in [1.807, 2.05) is 0 Å². The number of rotatable bonds is 2. The lowest BCUT2D eigenvalue weighted by Crippen LogP contribution is -2.34. The van der Waals surface area contributed by atoms with Crippen LogP contribution in [0.15, 0.2) is 0 Å². The third kappa shape index (κ3) is 1.99. The molecule has 0 aromatic rings. The number of terminal acetylenes is 1. The summed E-state index contributed by atoms with van der Waals surface area (Å²) < 4.78 is 0. The summed E-state index contributed by atoms with van der Waals surface area (Å²) in [5.41, 5.74) is 0. The van der Waals surface area contributed by atoms with Crippen LogP contribution in [0.4, 0.5) is 0 Å². The number of nitrogens with one attached hydrogen (secondary N) is 2. The van der Waals surface area contributed by atoms with Gasteiger partial charge in [-0.05, 0) is 12.5 Å². The Bertz CT molecular complexity index is 207. The molecule has 0 aromatic carbocycles. The molecule has 66 valence electrons. The van der Waals surface area contributed by atoms with Gasteiger partial charge in [-0.15, -0.1) is 6.42 Å². The Labute approximate surface area is 72.9 Å². The van der Waals surface area contributed by atoms with Gasteiger partial charge < -0.3 is 10.6 Å². The predicted molar refractivity (Wildman–Crippen MR) is 47.4 cm³/mol. The topological polar surface area (TPSA) is 41.1 Å². The summed E-state index contributed by atoms with van der Waals surface area (Å²) in [5, 5.41) is 5.86. The molecule has 0 bridgehead atoms. The predicted octanol–water partition coefficient (Wildman–Crippen LogP) is -0.409. The molecule has 0 radical (unpaired) electrons. The molecule has 0 aliphatic carbocycles. The first-order valence-electron chi connectivity index (χ1n) is 4.17. The van der Waals surface area contributed by atoms with Crippen molar-refractivity contribution in [2.24, 2.45) is 11.8 Å². The van der Waals surface area contributed by atoms with E-state index in [4.69, 9.17) is 6.42 Å². The lowest BCUT2D eigenvalue weighted by atomic mass is 9.97. The minimum absolute atomic E-state index is 0.0745. The average Bonchev–Trinajstić information content (AvgIpc) is 2.47. The first-order chi connectivity index (χ1) is 5.75. The van der Waals surface area contributed by atoms with Crippen LogP contribution in [0.2, 0.25) is 0 Å². The Kier molecular flexibility index (Phi) is 3.12. The van der Waals surface area contributed by atoms with Crippen LogP contribution in [0, 0.1) is 24.2 Å². The van der Waals surface area contributed by atoms with E-state index in [-0.39, 0.29) is 11.8 Å². The Morgan fingerprint density at radius 1 is 1.75 bits per heavy atom. The van der Waals surface area contributed by atoms with Crippen LogP contribution in [0.5, 0.6) is 0 Å². The molecular formula is C9H14N2O. The van der Waals surface area contributed by atoms with Gasteiger partial charge in [0.2, 0.25) is 5.91 Å². The normalized spacial score (nSPS) is 28.0. The van der Waals surface area contributed by atoms with E-state index < -0.39 is 0 Å². The first-order valence-corrected chi connectivity index (χ1v) is 4.17. The van der Waals surface area contributed by atoms with Crippen molar-refractivity contribution in [3.8, 4) is 12.3 Å². The fourth-order valence-electron chi connectivity index (χ4n) is 1.43. The largest absolute Gasteiger partial charge is 0.345 e. The van der Waals surface area contributed by atoms with Gasteiger partial charge in [0.15, 0.2) is 0 Å². The molecule has 0 unspecified atom stereocenters. The minimum atomic E-state index is 0.0745. The summed E-state index contributed by atoms with van der Waals surface area (Å²) in [5.74, 6) is 2.97. The van der Waals surface area contributed by atoms with Crippen LogP contribution in [-0.4, -0.2) is 25.5 Å². The summed E-state index contributed by atoms with van der Waals surface area (Å²) in [6.07, 6.45) is 5.03. The van der Waals surface area contributed by atoms with Gasteiger partial charge in [-0.3, -0.25) is 4.79 Å². The molecule has 1 saturated heterocycles. The van der Waals surface area contributed by atoms with E-state index in [1.54, 1.807) is 0 Å². The Hall–Kier alpha value is -1.01. The van der Waals surface area contributed by atoms with Gasteiger partial charge in [0.1, 0.15) is 0 Å². The highest BCUT2D eigenvalue weighted by Crippen LogP contribution is 2.15. The number of carbonyl (C=O) groups excluding carboxylic acids is 1. The second-order valence-electron chi connectivity index (χ2n) is 3.16. The lowest BCUT2D eigenvalue weighted by molar-refractivity contribution is -0.125. The highest BCUT2D eigenvalue weighted by molar-refractivity contribution is 5.79. The third-order valence-electron chi connectivity index (χ3n) is 2.22. The quantitative estimate of drug-likeness (QED) is 0.548. The van der Waals surface area contributed by atoms with E-state index in [2.05, 4.69) is 23.5 Å². The summed E-state index contributed by atoms with van der Waals surface area (Å²) in [6.45, 7) is 4.11. The van der Waals surface area contributed by atoms with Crippen LogP contribution < -0.4 is 10.6 Å². The maximum Gasteiger partial charge on any atom is 0.225 e. The molecule has 3 nitrogen and oxygen atoms in total. The zero-order valence-electron chi connectivity index (χ0n) is 7.26. The molecule has 1 aliphatic rings. The van der Waals surface area contributed by atoms with Gasteiger partial charge in [0, 0.05) is 6.54 Å². The molecule has 0 aromatic heterocycles. The van der Waals surface area contributed by atoms with E-state index >= 15 is 0 Å². The Morgan fingerprint density at radius 3 is 3.00 bits per heavy atom. The number of hydrogen-bond acceptors (Lipinski definition) is 2. The van der Waals surface area contributed by atoms with E-state index in [0.29, 0.717) is 12.5 Å². The summed E-state index contributed by atoms with van der Waals surface area (Å²) in [6, 6.07) is 0. The molecule has 1 rings (SSSR count). The third-order valence-corrected chi connectivity index (χ3v) is 2.22. The molecule has 0 saturated carbocycles. The second kappa shape index (κ2) is 4.13. The van der Waals surface area contributed by atoms with Crippen molar-refractivity contribution in [1.29, 1.82) is 0 Å². The van der Waals surface area contributed by atoms with Gasteiger partial charge in [-0.1, -0.05) is 12.8 Å². The molecule has 1 fully saturated rings. The van der Waals surface area contributed by atoms with Gasteiger partial charge in [-0.2, -0.15) is 0 Å². The number of amides is 1. The average molecular weight is 166 g/mol. The molecule has 1 heterocycles. The smallest absolute Gasteiger partial charge is 0.225 e. The fraction of sp³-hybridized carbons (Fsp3) is 0.667. The van der Waals surface area contributed by atoms with Gasteiger partial charge in [0.25, 0.3) is 0 Å². The number of hydrogen-bond donors (Lipinski definition) is 2. The van der Waals surface area contributed by atoms with E-state index in [0.717, 1.165) is 13.1 Å². The van der Waals surface area contributed by atoms with Crippen molar-refractivity contribution < 1.29 is 4.79 Å². The molecule has 2 atom stereocenters. The molecule has 2 N–H and O–H groups in total. The molecule has 1 amide bonds. The second-order valence-corrected chi connectivity index (χ2v) is 3.16. The van der Waals surface area contributed by atoms with Crippen LogP contribution in [-0.2, 0) is 4.79 Å². The standard InChI is InChI=1S/C9H14N2O/c1-3-4-11-9(12)8-6-10-5-7(8)2/h1,7-8,10H,4-6H2,2H3,(H,11,12)/t7-,8-/m1/s1. The molecule has 12 heavy (non-hydrogen) atoms. The van der Waals surface area contributed by atoms with Crippen molar-refractivity contribution in [3.05, 3.63) is 0 Å². The van der Waals surface area contributed by atoms with Crippen molar-refractivity contribution in [3.63, 3.8) is 0 Å². The maximum atomic E-state index is 11.4. The van der Waals surface area contributed by atoms with Crippen molar-refractivity contribution in [2.75, 3.05) is 19.6 Å². The Morgan fingerprint density at radius 2 is 2.50 bits per heavy atom. The molecular weight excluding hydrogens is 152 g/mol. The SMILES string of the molecule is C#CCNC(=O)[C@@H]1CNC[C@H]1C. The van der Waals surface area contributed by atoms with Crippen LogP contribution in [0.3, 0.4) is 0 Å². The van der Waals surface area contributed by atoms with Gasteiger partial charge in [0.05, 0.1) is 12.5 Å². The first kappa shape index (κ1) is 9.08. The fourth-order valence-corrected chi connectivity index (χ4v) is 1.43. The minimum Gasteiger partial charge on any atom is -0.345 e. The lowest BCUT2D eigenvalue weighted by Gasteiger charge is -2.12. The maximum absolute atomic E-state index is 11.4. The van der Waals surface area contributed by atoms with Gasteiger partial charge >= 0.3 is 0 Å². The zero-order chi connectivity index (χ0) is 8.97. The monoisotopic (exact) mass is 166 g/mol. The van der Waals surface area contributed by atoms with E-state index in [1.165, 1.54) is 0 Å². The van der Waals surface area contributed by atoms with Crippen LogP contribution in [0.25, 0.3) is 0 Å². The van der Waals surface area contributed by atoms with Crippen LogP contribution >= 0.6 is 0 Å². The highest BCUT2D eigenvalue weighted by atomic mass is 16.1. The van der Waals surface area contributed by atoms with Crippen LogP contribution in [0.1, 0.15) is 6.92 Å². The van der Waals surface area contributed by atoms with Crippen molar-refractivity contribution >= 4 is 5.91 Å². The van der Waals surface area contributed by atoms with E-state index in [9.17, 15) is 4.79 Å². The highest BCUT2D eigenvalue weighted by Gasteiger charge is 2.28. The zero-order valence-corrected chi connectivity index (χ0v) is 7.26. The van der Waals surface area contributed by atoms with Crippen molar-refractivity contribution in [2.45, 2.75) is 6.92 Å². The number of carbonyl (C=O) groups is 1. The summed E-state index contributed by atoms with van der Waals surface area (Å²) in [7, 11) is 0. The Balaban J connectivity index is 2.37. The molecule has 3 heteroatoms.